The first-order chi connectivity index (χ1) is 11.2. The van der Waals surface area contributed by atoms with Gasteiger partial charge in [-0.15, -0.1) is 11.8 Å². The lowest BCUT2D eigenvalue weighted by molar-refractivity contribution is 0.0600. The highest BCUT2D eigenvalue weighted by Crippen LogP contribution is 2.36. The Labute approximate surface area is 145 Å². The van der Waals surface area contributed by atoms with E-state index < -0.39 is 0 Å². The molecular formula is C18H18ClNO2S. The van der Waals surface area contributed by atoms with Gasteiger partial charge in [-0.25, -0.2) is 4.79 Å². The number of ether oxygens (including phenoxy) is 1. The zero-order chi connectivity index (χ0) is 16.2. The molecule has 0 saturated heterocycles. The number of halogens is 1. The number of carbonyl (C=O) groups is 1. The average molecular weight is 348 g/mol. The van der Waals surface area contributed by atoms with E-state index in [1.54, 1.807) is 17.8 Å². The predicted octanol–water partition coefficient (Wildman–Crippen LogP) is 4.06. The Morgan fingerprint density at radius 2 is 2.13 bits per heavy atom. The number of nitrogens with one attached hydrogen (secondary N) is 1. The lowest BCUT2D eigenvalue weighted by Crippen LogP contribution is -2.24. The van der Waals surface area contributed by atoms with E-state index in [0.717, 1.165) is 35.0 Å². The second-order valence-electron chi connectivity index (χ2n) is 5.38. The highest BCUT2D eigenvalue weighted by atomic mass is 35.5. The maximum Gasteiger partial charge on any atom is 0.338 e. The first kappa shape index (κ1) is 16.4. The third-order valence-electron chi connectivity index (χ3n) is 3.97. The number of fused-ring (bicyclic) bond motifs is 1. The molecule has 0 saturated carbocycles. The summed E-state index contributed by atoms with van der Waals surface area (Å²) in [6.07, 6.45) is 0.983. The maximum atomic E-state index is 11.9. The van der Waals surface area contributed by atoms with Crippen LogP contribution in [0.1, 0.15) is 27.0 Å². The molecule has 0 unspecified atom stereocenters. The van der Waals surface area contributed by atoms with Gasteiger partial charge in [-0.05, 0) is 41.8 Å². The van der Waals surface area contributed by atoms with Gasteiger partial charge in [0.05, 0.1) is 17.7 Å². The zero-order valence-corrected chi connectivity index (χ0v) is 14.5. The summed E-state index contributed by atoms with van der Waals surface area (Å²) in [5.74, 6) is 0.390. The summed E-state index contributed by atoms with van der Waals surface area (Å²) < 4.78 is 4.86. The van der Waals surface area contributed by atoms with E-state index in [1.807, 2.05) is 24.3 Å². The number of carbonyl (C=O) groups excluding carboxylic acids is 1. The van der Waals surface area contributed by atoms with Crippen molar-refractivity contribution in [2.75, 3.05) is 13.7 Å². The molecule has 1 heterocycles. The SMILES string of the molecule is COC(=O)c1ccccc1CSc1c(Cl)ccc2c1CCNC2. The summed E-state index contributed by atoms with van der Waals surface area (Å²) in [6.45, 7) is 1.86. The van der Waals surface area contributed by atoms with Gasteiger partial charge < -0.3 is 10.1 Å². The fourth-order valence-electron chi connectivity index (χ4n) is 2.78. The van der Waals surface area contributed by atoms with Gasteiger partial charge in [0, 0.05) is 17.2 Å². The van der Waals surface area contributed by atoms with Gasteiger partial charge in [-0.2, -0.15) is 0 Å². The van der Waals surface area contributed by atoms with Crippen molar-refractivity contribution in [3.63, 3.8) is 0 Å². The highest BCUT2D eigenvalue weighted by Gasteiger charge is 2.17. The van der Waals surface area contributed by atoms with Crippen LogP contribution in [0.3, 0.4) is 0 Å². The van der Waals surface area contributed by atoms with Crippen LogP contribution in [0.2, 0.25) is 5.02 Å². The van der Waals surface area contributed by atoms with Crippen molar-refractivity contribution in [1.29, 1.82) is 0 Å². The molecule has 5 heteroatoms. The van der Waals surface area contributed by atoms with E-state index in [1.165, 1.54) is 18.2 Å². The molecule has 1 N–H and O–H groups in total. The molecule has 0 atom stereocenters. The van der Waals surface area contributed by atoms with E-state index in [4.69, 9.17) is 16.3 Å². The van der Waals surface area contributed by atoms with E-state index >= 15 is 0 Å². The number of hydrogen-bond donors (Lipinski definition) is 1. The van der Waals surface area contributed by atoms with Crippen molar-refractivity contribution in [1.82, 2.24) is 5.32 Å². The van der Waals surface area contributed by atoms with Crippen molar-refractivity contribution in [3.8, 4) is 0 Å². The van der Waals surface area contributed by atoms with E-state index in [0.29, 0.717) is 11.3 Å². The molecule has 0 amide bonds. The molecule has 0 bridgehead atoms. The van der Waals surface area contributed by atoms with Crippen molar-refractivity contribution in [2.45, 2.75) is 23.6 Å². The summed E-state index contributed by atoms with van der Waals surface area (Å²) in [5.41, 5.74) is 4.22. The molecular weight excluding hydrogens is 330 g/mol. The Hall–Kier alpha value is -1.49. The number of rotatable bonds is 4. The summed E-state index contributed by atoms with van der Waals surface area (Å²) >= 11 is 8.11. The maximum absolute atomic E-state index is 11.9. The van der Waals surface area contributed by atoms with Crippen LogP contribution in [0.15, 0.2) is 41.3 Å². The first-order valence-corrected chi connectivity index (χ1v) is 8.87. The van der Waals surface area contributed by atoms with Gasteiger partial charge in [-0.3, -0.25) is 0 Å². The minimum absolute atomic E-state index is 0.299. The van der Waals surface area contributed by atoms with Crippen molar-refractivity contribution in [2.24, 2.45) is 0 Å². The molecule has 0 radical (unpaired) electrons. The predicted molar refractivity (Wildman–Crippen MR) is 94.2 cm³/mol. The normalized spacial score (nSPS) is 13.5. The van der Waals surface area contributed by atoms with E-state index in [2.05, 4.69) is 11.4 Å². The lowest BCUT2D eigenvalue weighted by Gasteiger charge is -2.21. The molecule has 0 aromatic heterocycles. The zero-order valence-electron chi connectivity index (χ0n) is 12.9. The van der Waals surface area contributed by atoms with Crippen molar-refractivity contribution < 1.29 is 9.53 Å². The summed E-state index contributed by atoms with van der Waals surface area (Å²) in [5, 5.41) is 4.16. The largest absolute Gasteiger partial charge is 0.465 e. The number of thioether (sulfide) groups is 1. The van der Waals surface area contributed by atoms with Crippen LogP contribution in [-0.4, -0.2) is 19.6 Å². The quantitative estimate of drug-likeness (QED) is 0.668. The summed E-state index contributed by atoms with van der Waals surface area (Å²) in [6, 6.07) is 11.6. The molecule has 3 nitrogen and oxygen atoms in total. The van der Waals surface area contributed by atoms with Crippen molar-refractivity contribution in [3.05, 3.63) is 63.7 Å². The number of methoxy groups -OCH3 is 1. The van der Waals surface area contributed by atoms with Gasteiger partial charge in [0.2, 0.25) is 0 Å². The minimum Gasteiger partial charge on any atom is -0.465 e. The number of benzene rings is 2. The molecule has 1 aliphatic heterocycles. The van der Waals surface area contributed by atoms with Crippen LogP contribution in [0.25, 0.3) is 0 Å². The standard InChI is InChI=1S/C18H18ClNO2S/c1-22-18(21)15-5-3-2-4-13(15)11-23-17-14-8-9-20-10-12(14)6-7-16(17)19/h2-7,20H,8-11H2,1H3. The fraction of sp³-hybridized carbons (Fsp3) is 0.278. The van der Waals surface area contributed by atoms with Gasteiger partial charge in [0.25, 0.3) is 0 Å². The van der Waals surface area contributed by atoms with E-state index in [9.17, 15) is 4.79 Å². The Morgan fingerprint density at radius 3 is 2.96 bits per heavy atom. The topological polar surface area (TPSA) is 38.3 Å². The summed E-state index contributed by atoms with van der Waals surface area (Å²) in [4.78, 5) is 13.0. The van der Waals surface area contributed by atoms with Crippen LogP contribution in [0, 0.1) is 0 Å². The third-order valence-corrected chi connectivity index (χ3v) is 5.61. The summed E-state index contributed by atoms with van der Waals surface area (Å²) in [7, 11) is 1.41. The number of hydrogen-bond acceptors (Lipinski definition) is 4. The molecule has 0 fully saturated rings. The van der Waals surface area contributed by atoms with Crippen LogP contribution < -0.4 is 5.32 Å². The smallest absolute Gasteiger partial charge is 0.338 e. The monoisotopic (exact) mass is 347 g/mol. The molecule has 3 rings (SSSR count). The molecule has 23 heavy (non-hydrogen) atoms. The van der Waals surface area contributed by atoms with Gasteiger partial charge in [0.15, 0.2) is 0 Å². The van der Waals surface area contributed by atoms with Crippen LogP contribution in [0.5, 0.6) is 0 Å². The molecule has 0 aliphatic carbocycles. The van der Waals surface area contributed by atoms with Gasteiger partial charge in [-0.1, -0.05) is 35.9 Å². The molecule has 0 spiro atoms. The van der Waals surface area contributed by atoms with Crippen LogP contribution in [-0.2, 0) is 23.5 Å². The Balaban J connectivity index is 1.86. The Morgan fingerprint density at radius 1 is 1.30 bits per heavy atom. The molecule has 2 aromatic carbocycles. The molecule has 2 aromatic rings. The van der Waals surface area contributed by atoms with Gasteiger partial charge >= 0.3 is 5.97 Å². The average Bonchev–Trinajstić information content (AvgIpc) is 2.60. The first-order valence-electron chi connectivity index (χ1n) is 7.50. The second kappa shape index (κ2) is 7.39. The fourth-order valence-corrected chi connectivity index (χ4v) is 4.28. The van der Waals surface area contributed by atoms with Crippen molar-refractivity contribution >= 4 is 29.3 Å². The minimum atomic E-state index is -0.299. The third kappa shape index (κ3) is 3.55. The Kier molecular flexibility index (Phi) is 5.26. The van der Waals surface area contributed by atoms with Crippen LogP contribution in [0.4, 0.5) is 0 Å². The molecule has 1 aliphatic rings. The van der Waals surface area contributed by atoms with Crippen LogP contribution >= 0.6 is 23.4 Å². The molecule has 120 valence electrons. The lowest BCUT2D eigenvalue weighted by atomic mass is 10.0. The Bertz CT molecular complexity index is 733. The number of esters is 1. The van der Waals surface area contributed by atoms with E-state index in [-0.39, 0.29) is 5.97 Å². The highest BCUT2D eigenvalue weighted by molar-refractivity contribution is 7.98. The van der Waals surface area contributed by atoms with Gasteiger partial charge in [0.1, 0.15) is 0 Å². The second-order valence-corrected chi connectivity index (χ2v) is 6.77.